The molecular formula is C11H24N2O2. The van der Waals surface area contributed by atoms with E-state index in [2.05, 4.69) is 10.6 Å². The van der Waals surface area contributed by atoms with Crippen molar-refractivity contribution in [1.29, 1.82) is 0 Å². The summed E-state index contributed by atoms with van der Waals surface area (Å²) in [6, 6.07) is 0. The molecule has 0 heterocycles. The predicted octanol–water partition coefficient (Wildman–Crippen LogP) is 0.652. The summed E-state index contributed by atoms with van der Waals surface area (Å²) in [4.78, 5) is 11.4. The van der Waals surface area contributed by atoms with Crippen molar-refractivity contribution in [3.63, 3.8) is 0 Å². The third kappa shape index (κ3) is 11.3. The van der Waals surface area contributed by atoms with Gasteiger partial charge in [0.1, 0.15) is 0 Å². The Bertz CT molecular complexity index is 202. The first-order chi connectivity index (χ1) is 6.60. The molecule has 1 amide bonds. The van der Waals surface area contributed by atoms with Gasteiger partial charge in [-0.3, -0.25) is 4.79 Å². The normalized spacial score (nSPS) is 12.7. The number of amides is 1. The van der Waals surface area contributed by atoms with Gasteiger partial charge in [0.25, 0.3) is 0 Å². The van der Waals surface area contributed by atoms with Gasteiger partial charge in [-0.05, 0) is 34.6 Å². The lowest BCUT2D eigenvalue weighted by Gasteiger charge is -2.21. The van der Waals surface area contributed by atoms with E-state index in [1.807, 2.05) is 20.8 Å². The van der Waals surface area contributed by atoms with Crippen LogP contribution in [0.3, 0.4) is 0 Å². The van der Waals surface area contributed by atoms with Gasteiger partial charge >= 0.3 is 0 Å². The van der Waals surface area contributed by atoms with Gasteiger partial charge in [-0.15, -0.1) is 0 Å². The molecule has 0 aliphatic rings. The second-order valence-corrected chi connectivity index (χ2v) is 5.54. The summed E-state index contributed by atoms with van der Waals surface area (Å²) in [6.07, 6.45) is 0.438. The lowest BCUT2D eigenvalue weighted by Crippen LogP contribution is -2.42. The standard InChI is InChI=1S/C11H24N2O2/c1-10(2,3)13-9(14)6-7-12-8-11(4,5)15/h12,15H,6-8H2,1-5H3,(H,13,14). The Morgan fingerprint density at radius 2 is 1.73 bits per heavy atom. The van der Waals surface area contributed by atoms with Gasteiger partial charge in [0.2, 0.25) is 5.91 Å². The van der Waals surface area contributed by atoms with Gasteiger partial charge in [-0.25, -0.2) is 0 Å². The third-order valence-electron chi connectivity index (χ3n) is 1.60. The van der Waals surface area contributed by atoms with E-state index in [9.17, 15) is 9.90 Å². The van der Waals surface area contributed by atoms with Crippen LogP contribution in [0.5, 0.6) is 0 Å². The molecule has 0 saturated heterocycles. The monoisotopic (exact) mass is 216 g/mol. The van der Waals surface area contributed by atoms with Crippen molar-refractivity contribution in [2.45, 2.75) is 52.2 Å². The maximum Gasteiger partial charge on any atom is 0.221 e. The molecule has 0 atom stereocenters. The van der Waals surface area contributed by atoms with E-state index in [1.165, 1.54) is 0 Å². The van der Waals surface area contributed by atoms with E-state index in [-0.39, 0.29) is 11.4 Å². The van der Waals surface area contributed by atoms with Gasteiger partial charge in [-0.1, -0.05) is 0 Å². The summed E-state index contributed by atoms with van der Waals surface area (Å²) in [6.45, 7) is 10.4. The van der Waals surface area contributed by atoms with Crippen LogP contribution >= 0.6 is 0 Å². The molecule has 0 aliphatic carbocycles. The van der Waals surface area contributed by atoms with Crippen molar-refractivity contribution < 1.29 is 9.90 Å². The minimum Gasteiger partial charge on any atom is -0.389 e. The van der Waals surface area contributed by atoms with Crippen molar-refractivity contribution in [3.8, 4) is 0 Å². The van der Waals surface area contributed by atoms with Crippen LogP contribution in [0.15, 0.2) is 0 Å². The van der Waals surface area contributed by atoms with Crippen LogP contribution in [0, 0.1) is 0 Å². The van der Waals surface area contributed by atoms with Gasteiger partial charge in [0, 0.05) is 25.0 Å². The molecule has 4 heteroatoms. The zero-order valence-electron chi connectivity index (χ0n) is 10.5. The number of aliphatic hydroxyl groups is 1. The number of hydrogen-bond acceptors (Lipinski definition) is 3. The van der Waals surface area contributed by atoms with Crippen LogP contribution in [0.2, 0.25) is 0 Å². The fourth-order valence-corrected chi connectivity index (χ4v) is 1.08. The Kier molecular flexibility index (Phi) is 5.24. The summed E-state index contributed by atoms with van der Waals surface area (Å²) in [5.41, 5.74) is -0.895. The molecule has 0 unspecified atom stereocenters. The molecule has 0 aliphatic heterocycles. The Hall–Kier alpha value is -0.610. The number of carbonyl (C=O) groups excluding carboxylic acids is 1. The third-order valence-corrected chi connectivity index (χ3v) is 1.60. The highest BCUT2D eigenvalue weighted by Gasteiger charge is 2.14. The van der Waals surface area contributed by atoms with Crippen LogP contribution in [0.4, 0.5) is 0 Å². The average molecular weight is 216 g/mol. The van der Waals surface area contributed by atoms with Crippen LogP contribution in [-0.2, 0) is 4.79 Å². The minimum atomic E-state index is -0.722. The minimum absolute atomic E-state index is 0.0331. The Morgan fingerprint density at radius 1 is 1.20 bits per heavy atom. The van der Waals surface area contributed by atoms with Gasteiger partial charge < -0.3 is 15.7 Å². The molecule has 3 N–H and O–H groups in total. The van der Waals surface area contributed by atoms with Crippen molar-refractivity contribution in [1.82, 2.24) is 10.6 Å². The fraction of sp³-hybridized carbons (Fsp3) is 0.909. The molecule has 0 aromatic rings. The van der Waals surface area contributed by atoms with Crippen LogP contribution < -0.4 is 10.6 Å². The number of carbonyl (C=O) groups is 1. The van der Waals surface area contributed by atoms with E-state index in [4.69, 9.17) is 0 Å². The van der Waals surface area contributed by atoms with Gasteiger partial charge in [0.05, 0.1) is 5.60 Å². The van der Waals surface area contributed by atoms with Gasteiger partial charge in [0.15, 0.2) is 0 Å². The molecule has 0 radical (unpaired) electrons. The Morgan fingerprint density at radius 3 is 2.13 bits per heavy atom. The van der Waals surface area contributed by atoms with E-state index in [1.54, 1.807) is 13.8 Å². The molecule has 4 nitrogen and oxygen atoms in total. The average Bonchev–Trinajstić information content (AvgIpc) is 1.92. The summed E-state index contributed by atoms with van der Waals surface area (Å²) in [7, 11) is 0. The first kappa shape index (κ1) is 14.4. The van der Waals surface area contributed by atoms with Crippen molar-refractivity contribution in [2.24, 2.45) is 0 Å². The number of hydrogen-bond donors (Lipinski definition) is 3. The molecule has 0 fully saturated rings. The molecule has 0 saturated carbocycles. The first-order valence-electron chi connectivity index (χ1n) is 5.34. The summed E-state index contributed by atoms with van der Waals surface area (Å²) in [5.74, 6) is 0.0331. The fourth-order valence-electron chi connectivity index (χ4n) is 1.08. The highest BCUT2D eigenvalue weighted by atomic mass is 16.3. The van der Waals surface area contributed by atoms with Crippen LogP contribution in [-0.4, -0.2) is 35.2 Å². The topological polar surface area (TPSA) is 61.4 Å². The van der Waals surface area contributed by atoms with Crippen molar-refractivity contribution in [2.75, 3.05) is 13.1 Å². The summed E-state index contributed by atoms with van der Waals surface area (Å²) < 4.78 is 0. The lowest BCUT2D eigenvalue weighted by molar-refractivity contribution is -0.122. The van der Waals surface area contributed by atoms with E-state index in [0.29, 0.717) is 19.5 Å². The summed E-state index contributed by atoms with van der Waals surface area (Å²) >= 11 is 0. The maximum absolute atomic E-state index is 11.4. The largest absolute Gasteiger partial charge is 0.389 e. The zero-order chi connectivity index (χ0) is 12.1. The maximum atomic E-state index is 11.4. The van der Waals surface area contributed by atoms with E-state index in [0.717, 1.165) is 0 Å². The summed E-state index contributed by atoms with van der Waals surface area (Å²) in [5, 5.41) is 15.3. The molecular weight excluding hydrogens is 192 g/mol. The molecule has 0 bridgehead atoms. The molecule has 15 heavy (non-hydrogen) atoms. The molecule has 0 rings (SSSR count). The first-order valence-corrected chi connectivity index (χ1v) is 5.34. The SMILES string of the molecule is CC(C)(O)CNCCC(=O)NC(C)(C)C. The Labute approximate surface area is 92.4 Å². The second-order valence-electron chi connectivity index (χ2n) is 5.54. The van der Waals surface area contributed by atoms with Crippen molar-refractivity contribution in [3.05, 3.63) is 0 Å². The van der Waals surface area contributed by atoms with E-state index < -0.39 is 5.60 Å². The quantitative estimate of drug-likeness (QED) is 0.591. The molecule has 0 aromatic carbocycles. The second kappa shape index (κ2) is 5.47. The molecule has 0 aromatic heterocycles. The number of nitrogens with one attached hydrogen (secondary N) is 2. The molecule has 90 valence electrons. The van der Waals surface area contributed by atoms with Gasteiger partial charge in [-0.2, -0.15) is 0 Å². The zero-order valence-corrected chi connectivity index (χ0v) is 10.5. The predicted molar refractivity (Wildman–Crippen MR) is 61.7 cm³/mol. The lowest BCUT2D eigenvalue weighted by atomic mass is 10.1. The highest BCUT2D eigenvalue weighted by Crippen LogP contribution is 1.99. The number of rotatable bonds is 5. The molecule has 0 spiro atoms. The van der Waals surface area contributed by atoms with Crippen LogP contribution in [0.1, 0.15) is 41.0 Å². The van der Waals surface area contributed by atoms with Crippen molar-refractivity contribution >= 4 is 5.91 Å². The van der Waals surface area contributed by atoms with E-state index >= 15 is 0 Å². The smallest absolute Gasteiger partial charge is 0.221 e. The Balaban J connectivity index is 3.57. The van der Waals surface area contributed by atoms with Crippen LogP contribution in [0.25, 0.3) is 0 Å². The highest BCUT2D eigenvalue weighted by molar-refractivity contribution is 5.76.